The Morgan fingerprint density at radius 2 is 2.19 bits per heavy atom. The fourth-order valence-corrected chi connectivity index (χ4v) is 2.84. The predicted molar refractivity (Wildman–Crippen MR) is 83.9 cm³/mol. The Labute approximate surface area is 127 Å². The standard InChI is InChI=1S/C17H26N2O2/c1-2-16-14(10-11-21-16)12-19-17(20)15(18)9-8-13-6-4-3-5-7-13/h3-7,14-16H,2,8-12,18H2,1H3,(H,19,20)/t14?,15-,16?/m0/s1. The van der Waals surface area contributed by atoms with Crippen molar-refractivity contribution >= 4 is 5.91 Å². The van der Waals surface area contributed by atoms with E-state index in [0.717, 1.165) is 25.9 Å². The molecule has 1 aromatic rings. The number of carbonyl (C=O) groups is 1. The number of hydrogen-bond acceptors (Lipinski definition) is 3. The van der Waals surface area contributed by atoms with Crippen molar-refractivity contribution in [2.45, 2.75) is 44.8 Å². The van der Waals surface area contributed by atoms with Gasteiger partial charge in [-0.05, 0) is 31.2 Å². The van der Waals surface area contributed by atoms with Gasteiger partial charge in [0, 0.05) is 19.1 Å². The summed E-state index contributed by atoms with van der Waals surface area (Å²) in [4.78, 5) is 12.0. The van der Waals surface area contributed by atoms with E-state index in [0.29, 0.717) is 18.9 Å². The fourth-order valence-electron chi connectivity index (χ4n) is 2.84. The normalized spacial score (nSPS) is 23.0. The van der Waals surface area contributed by atoms with Crippen LogP contribution in [0.1, 0.15) is 31.7 Å². The Morgan fingerprint density at radius 1 is 1.43 bits per heavy atom. The van der Waals surface area contributed by atoms with Crippen LogP contribution in [0.3, 0.4) is 0 Å². The Kier molecular flexibility index (Phi) is 6.21. The van der Waals surface area contributed by atoms with Crippen molar-refractivity contribution in [3.05, 3.63) is 35.9 Å². The van der Waals surface area contributed by atoms with Gasteiger partial charge < -0.3 is 15.8 Å². The zero-order valence-electron chi connectivity index (χ0n) is 12.8. The van der Waals surface area contributed by atoms with Crippen LogP contribution in [0.25, 0.3) is 0 Å². The van der Waals surface area contributed by atoms with Crippen LogP contribution in [0.2, 0.25) is 0 Å². The Bertz CT molecular complexity index is 436. The molecule has 0 bridgehead atoms. The van der Waals surface area contributed by atoms with Crippen LogP contribution in [0, 0.1) is 5.92 Å². The van der Waals surface area contributed by atoms with Gasteiger partial charge >= 0.3 is 0 Å². The summed E-state index contributed by atoms with van der Waals surface area (Å²) in [7, 11) is 0. The molecule has 4 heteroatoms. The molecule has 116 valence electrons. The largest absolute Gasteiger partial charge is 0.378 e. The van der Waals surface area contributed by atoms with E-state index in [2.05, 4.69) is 24.4 Å². The second-order valence-electron chi connectivity index (χ2n) is 5.74. The van der Waals surface area contributed by atoms with E-state index < -0.39 is 6.04 Å². The van der Waals surface area contributed by atoms with Crippen LogP contribution >= 0.6 is 0 Å². The van der Waals surface area contributed by atoms with Gasteiger partial charge in [-0.25, -0.2) is 0 Å². The number of ether oxygens (including phenoxy) is 1. The molecule has 1 amide bonds. The average molecular weight is 290 g/mol. The van der Waals surface area contributed by atoms with E-state index in [1.165, 1.54) is 5.56 Å². The molecule has 1 fully saturated rings. The van der Waals surface area contributed by atoms with Crippen molar-refractivity contribution in [2.24, 2.45) is 11.7 Å². The SMILES string of the molecule is CCC1OCCC1CNC(=O)[C@@H](N)CCc1ccccc1. The number of carbonyl (C=O) groups excluding carboxylic acids is 1. The molecule has 2 rings (SSSR count). The molecular formula is C17H26N2O2. The lowest BCUT2D eigenvalue weighted by Gasteiger charge is -2.19. The monoisotopic (exact) mass is 290 g/mol. The second kappa shape index (κ2) is 8.15. The summed E-state index contributed by atoms with van der Waals surface area (Å²) in [6, 6.07) is 9.69. The minimum atomic E-state index is -0.437. The highest BCUT2D eigenvalue weighted by Crippen LogP contribution is 2.22. The molecule has 1 aromatic carbocycles. The number of nitrogens with one attached hydrogen (secondary N) is 1. The smallest absolute Gasteiger partial charge is 0.236 e. The minimum Gasteiger partial charge on any atom is -0.378 e. The molecule has 3 N–H and O–H groups in total. The summed E-state index contributed by atoms with van der Waals surface area (Å²) in [6.07, 6.45) is 3.82. The molecule has 2 unspecified atom stereocenters. The molecule has 1 aliphatic heterocycles. The van der Waals surface area contributed by atoms with Crippen LogP contribution < -0.4 is 11.1 Å². The summed E-state index contributed by atoms with van der Waals surface area (Å²) in [5.41, 5.74) is 7.19. The Hall–Kier alpha value is -1.39. The van der Waals surface area contributed by atoms with Gasteiger partial charge in [0.15, 0.2) is 0 Å². The van der Waals surface area contributed by atoms with E-state index in [1.807, 2.05) is 18.2 Å². The third kappa shape index (κ3) is 4.83. The van der Waals surface area contributed by atoms with Gasteiger partial charge in [-0.15, -0.1) is 0 Å². The molecule has 0 aliphatic carbocycles. The molecule has 4 nitrogen and oxygen atoms in total. The van der Waals surface area contributed by atoms with Crippen molar-refractivity contribution < 1.29 is 9.53 Å². The van der Waals surface area contributed by atoms with Crippen LogP contribution in [-0.2, 0) is 16.0 Å². The first-order chi connectivity index (χ1) is 10.2. The number of aryl methyl sites for hydroxylation is 1. The maximum absolute atomic E-state index is 12.0. The van der Waals surface area contributed by atoms with Gasteiger partial charge in [-0.2, -0.15) is 0 Å². The highest BCUT2D eigenvalue weighted by molar-refractivity contribution is 5.81. The summed E-state index contributed by atoms with van der Waals surface area (Å²) in [6.45, 7) is 3.60. The lowest BCUT2D eigenvalue weighted by atomic mass is 9.99. The van der Waals surface area contributed by atoms with Gasteiger partial charge in [0.05, 0.1) is 12.1 Å². The number of hydrogen-bond donors (Lipinski definition) is 2. The Balaban J connectivity index is 1.70. The van der Waals surface area contributed by atoms with Crippen molar-refractivity contribution in [1.82, 2.24) is 5.32 Å². The average Bonchev–Trinajstić information content (AvgIpc) is 2.98. The highest BCUT2D eigenvalue weighted by Gasteiger charge is 2.27. The summed E-state index contributed by atoms with van der Waals surface area (Å²) in [5, 5.41) is 2.98. The molecule has 0 aromatic heterocycles. The number of rotatable bonds is 7. The fraction of sp³-hybridized carbons (Fsp3) is 0.588. The topological polar surface area (TPSA) is 64.3 Å². The Morgan fingerprint density at radius 3 is 2.90 bits per heavy atom. The lowest BCUT2D eigenvalue weighted by molar-refractivity contribution is -0.122. The summed E-state index contributed by atoms with van der Waals surface area (Å²) >= 11 is 0. The summed E-state index contributed by atoms with van der Waals surface area (Å²) < 4.78 is 5.63. The molecule has 21 heavy (non-hydrogen) atoms. The molecule has 1 heterocycles. The van der Waals surface area contributed by atoms with Gasteiger partial charge in [0.1, 0.15) is 0 Å². The van der Waals surface area contributed by atoms with Crippen molar-refractivity contribution in [3.63, 3.8) is 0 Å². The van der Waals surface area contributed by atoms with Crippen LogP contribution in [0.5, 0.6) is 0 Å². The van der Waals surface area contributed by atoms with Crippen LogP contribution in [0.4, 0.5) is 0 Å². The van der Waals surface area contributed by atoms with Gasteiger partial charge in [-0.3, -0.25) is 4.79 Å². The third-order valence-electron chi connectivity index (χ3n) is 4.21. The van der Waals surface area contributed by atoms with Crippen LogP contribution in [0.15, 0.2) is 30.3 Å². The number of benzene rings is 1. The van der Waals surface area contributed by atoms with Crippen LogP contribution in [-0.4, -0.2) is 31.2 Å². The maximum Gasteiger partial charge on any atom is 0.236 e. The predicted octanol–water partition coefficient (Wildman–Crippen LogP) is 1.88. The van der Waals surface area contributed by atoms with E-state index in [1.54, 1.807) is 0 Å². The first kappa shape index (κ1) is 16.0. The molecule has 1 saturated heterocycles. The molecule has 3 atom stereocenters. The zero-order valence-corrected chi connectivity index (χ0v) is 12.8. The third-order valence-corrected chi connectivity index (χ3v) is 4.21. The van der Waals surface area contributed by atoms with Gasteiger partial charge in [0.2, 0.25) is 5.91 Å². The van der Waals surface area contributed by atoms with E-state index >= 15 is 0 Å². The van der Waals surface area contributed by atoms with Crippen molar-refractivity contribution in [1.29, 1.82) is 0 Å². The second-order valence-corrected chi connectivity index (χ2v) is 5.74. The van der Waals surface area contributed by atoms with E-state index in [9.17, 15) is 4.79 Å². The maximum atomic E-state index is 12.0. The molecular weight excluding hydrogens is 264 g/mol. The molecule has 0 radical (unpaired) electrons. The van der Waals surface area contributed by atoms with E-state index in [4.69, 9.17) is 10.5 Å². The number of amides is 1. The first-order valence-corrected chi connectivity index (χ1v) is 7.89. The molecule has 0 spiro atoms. The summed E-state index contributed by atoms with van der Waals surface area (Å²) in [5.74, 6) is 0.382. The van der Waals surface area contributed by atoms with E-state index in [-0.39, 0.29) is 12.0 Å². The minimum absolute atomic E-state index is 0.0484. The molecule has 0 saturated carbocycles. The van der Waals surface area contributed by atoms with Gasteiger partial charge in [0.25, 0.3) is 0 Å². The van der Waals surface area contributed by atoms with Gasteiger partial charge in [-0.1, -0.05) is 37.3 Å². The molecule has 1 aliphatic rings. The zero-order chi connectivity index (χ0) is 15.1. The first-order valence-electron chi connectivity index (χ1n) is 7.89. The number of nitrogens with two attached hydrogens (primary N) is 1. The quantitative estimate of drug-likeness (QED) is 0.806. The highest BCUT2D eigenvalue weighted by atomic mass is 16.5. The van der Waals surface area contributed by atoms with Crippen molar-refractivity contribution in [3.8, 4) is 0 Å². The lowest BCUT2D eigenvalue weighted by Crippen LogP contribution is -2.43. The van der Waals surface area contributed by atoms with Crippen molar-refractivity contribution in [2.75, 3.05) is 13.2 Å².